The fraction of sp³-hybridized carbons (Fsp3) is 0.667. The molecule has 0 saturated heterocycles. The Morgan fingerprint density at radius 2 is 2.06 bits per heavy atom. The predicted octanol–water partition coefficient (Wildman–Crippen LogP) is 2.42. The number of anilines is 1. The molecule has 2 N–H and O–H groups in total. The van der Waals surface area contributed by atoms with Gasteiger partial charge in [-0.1, -0.05) is 12.8 Å². The topological polar surface area (TPSA) is 57.8 Å². The van der Waals surface area contributed by atoms with E-state index in [-0.39, 0.29) is 11.8 Å². The van der Waals surface area contributed by atoms with Crippen LogP contribution in [0.25, 0.3) is 0 Å². The fourth-order valence-electron chi connectivity index (χ4n) is 2.42. The maximum atomic E-state index is 11.8. The first kappa shape index (κ1) is 9.87. The molecule has 1 heterocycles. The lowest BCUT2D eigenvalue weighted by Crippen LogP contribution is -2.20. The molecule has 2 aliphatic rings. The van der Waals surface area contributed by atoms with Crippen molar-refractivity contribution in [2.45, 2.75) is 44.4 Å². The molecular weight excluding hydrogens is 202 g/mol. The van der Waals surface area contributed by atoms with Crippen molar-refractivity contribution in [3.05, 3.63) is 11.8 Å². The summed E-state index contributed by atoms with van der Waals surface area (Å²) in [7, 11) is 0. The highest BCUT2D eigenvalue weighted by Crippen LogP contribution is 2.39. The molecule has 16 heavy (non-hydrogen) atoms. The first-order valence-corrected chi connectivity index (χ1v) is 6.19. The molecule has 4 heteroatoms. The van der Waals surface area contributed by atoms with E-state index in [9.17, 15) is 4.79 Å². The standard InChI is InChI=1S/C12H17N3O/c16-12(9-3-1-2-4-9)13-11-7-10(14-15-11)8-5-6-8/h7-9H,1-6H2,(H2,13,14,15,16). The summed E-state index contributed by atoms with van der Waals surface area (Å²) < 4.78 is 0. The molecule has 4 nitrogen and oxygen atoms in total. The maximum absolute atomic E-state index is 11.8. The van der Waals surface area contributed by atoms with E-state index in [1.807, 2.05) is 6.07 Å². The summed E-state index contributed by atoms with van der Waals surface area (Å²) in [6.45, 7) is 0. The summed E-state index contributed by atoms with van der Waals surface area (Å²) >= 11 is 0. The zero-order valence-electron chi connectivity index (χ0n) is 9.33. The Balaban J connectivity index is 1.61. The predicted molar refractivity (Wildman–Crippen MR) is 61.2 cm³/mol. The molecule has 2 aliphatic carbocycles. The number of carbonyl (C=O) groups excluding carboxylic acids is 1. The van der Waals surface area contributed by atoms with Crippen molar-refractivity contribution < 1.29 is 4.79 Å². The van der Waals surface area contributed by atoms with Crippen molar-refractivity contribution in [1.82, 2.24) is 10.2 Å². The van der Waals surface area contributed by atoms with E-state index in [0.717, 1.165) is 12.8 Å². The molecule has 0 spiro atoms. The van der Waals surface area contributed by atoms with Crippen LogP contribution in [-0.2, 0) is 4.79 Å². The SMILES string of the molecule is O=C(Nc1cc(C2CC2)[nH]n1)C1CCCC1. The minimum atomic E-state index is 0.145. The van der Waals surface area contributed by atoms with Crippen molar-refractivity contribution in [1.29, 1.82) is 0 Å². The molecule has 0 radical (unpaired) electrons. The van der Waals surface area contributed by atoms with Crippen LogP contribution in [0.3, 0.4) is 0 Å². The van der Waals surface area contributed by atoms with Crippen LogP contribution in [0.1, 0.15) is 50.1 Å². The summed E-state index contributed by atoms with van der Waals surface area (Å²) in [5, 5.41) is 10.0. The van der Waals surface area contributed by atoms with Crippen LogP contribution in [0.15, 0.2) is 6.07 Å². The van der Waals surface area contributed by atoms with Crippen molar-refractivity contribution in [3.8, 4) is 0 Å². The lowest BCUT2D eigenvalue weighted by Gasteiger charge is -2.07. The second-order valence-corrected chi connectivity index (χ2v) is 4.95. The van der Waals surface area contributed by atoms with Gasteiger partial charge in [-0.2, -0.15) is 5.10 Å². The van der Waals surface area contributed by atoms with E-state index in [1.165, 1.54) is 31.4 Å². The van der Waals surface area contributed by atoms with Crippen LogP contribution in [0.4, 0.5) is 5.82 Å². The molecule has 1 aromatic rings. The zero-order chi connectivity index (χ0) is 11.0. The first-order chi connectivity index (χ1) is 7.83. The highest BCUT2D eigenvalue weighted by Gasteiger charge is 2.27. The lowest BCUT2D eigenvalue weighted by atomic mass is 10.1. The molecule has 2 saturated carbocycles. The van der Waals surface area contributed by atoms with E-state index in [4.69, 9.17) is 0 Å². The van der Waals surface area contributed by atoms with Gasteiger partial charge in [0.05, 0.1) is 0 Å². The summed E-state index contributed by atoms with van der Waals surface area (Å²) in [6, 6.07) is 1.98. The Bertz CT molecular complexity index is 389. The van der Waals surface area contributed by atoms with Gasteiger partial charge < -0.3 is 5.32 Å². The van der Waals surface area contributed by atoms with E-state index in [2.05, 4.69) is 15.5 Å². The van der Waals surface area contributed by atoms with Gasteiger partial charge in [-0.15, -0.1) is 0 Å². The number of aromatic nitrogens is 2. The monoisotopic (exact) mass is 219 g/mol. The average Bonchev–Trinajstić information content (AvgIpc) is 2.82. The highest BCUT2D eigenvalue weighted by atomic mass is 16.1. The van der Waals surface area contributed by atoms with Gasteiger partial charge in [0.25, 0.3) is 0 Å². The molecule has 0 unspecified atom stereocenters. The smallest absolute Gasteiger partial charge is 0.228 e. The third-order valence-electron chi connectivity index (χ3n) is 3.59. The molecule has 2 fully saturated rings. The summed E-state index contributed by atoms with van der Waals surface area (Å²) in [5.41, 5.74) is 1.17. The average molecular weight is 219 g/mol. The summed E-state index contributed by atoms with van der Waals surface area (Å²) in [5.74, 6) is 1.70. The van der Waals surface area contributed by atoms with Crippen molar-refractivity contribution in [2.24, 2.45) is 5.92 Å². The van der Waals surface area contributed by atoms with Gasteiger partial charge in [0.2, 0.25) is 5.91 Å². The molecule has 86 valence electrons. The number of aromatic amines is 1. The van der Waals surface area contributed by atoms with E-state index in [1.54, 1.807) is 0 Å². The molecule has 1 aromatic heterocycles. The quantitative estimate of drug-likeness (QED) is 0.820. The fourth-order valence-corrected chi connectivity index (χ4v) is 2.42. The molecule has 1 amide bonds. The molecule has 0 aliphatic heterocycles. The zero-order valence-corrected chi connectivity index (χ0v) is 9.33. The molecule has 3 rings (SSSR count). The largest absolute Gasteiger partial charge is 0.309 e. The Kier molecular flexibility index (Phi) is 2.42. The van der Waals surface area contributed by atoms with E-state index in [0.29, 0.717) is 11.7 Å². The maximum Gasteiger partial charge on any atom is 0.228 e. The number of nitrogens with one attached hydrogen (secondary N) is 2. The van der Waals surface area contributed by atoms with Crippen LogP contribution in [0.2, 0.25) is 0 Å². The van der Waals surface area contributed by atoms with Gasteiger partial charge in [0.15, 0.2) is 5.82 Å². The van der Waals surface area contributed by atoms with E-state index >= 15 is 0 Å². The molecule has 0 atom stereocenters. The molecule has 0 aromatic carbocycles. The lowest BCUT2D eigenvalue weighted by molar-refractivity contribution is -0.119. The van der Waals surface area contributed by atoms with Gasteiger partial charge in [0.1, 0.15) is 0 Å². The van der Waals surface area contributed by atoms with Crippen LogP contribution in [0, 0.1) is 5.92 Å². The number of carbonyl (C=O) groups is 1. The summed E-state index contributed by atoms with van der Waals surface area (Å²) in [6.07, 6.45) is 6.94. The first-order valence-electron chi connectivity index (χ1n) is 6.19. The number of nitrogens with zero attached hydrogens (tertiary/aromatic N) is 1. The Hall–Kier alpha value is -1.32. The van der Waals surface area contributed by atoms with Crippen molar-refractivity contribution in [2.75, 3.05) is 5.32 Å². The minimum Gasteiger partial charge on any atom is -0.309 e. The number of hydrogen-bond acceptors (Lipinski definition) is 2. The van der Waals surface area contributed by atoms with Crippen molar-refractivity contribution in [3.63, 3.8) is 0 Å². The number of H-pyrrole nitrogens is 1. The molecular formula is C12H17N3O. The van der Waals surface area contributed by atoms with Crippen LogP contribution in [0.5, 0.6) is 0 Å². The van der Waals surface area contributed by atoms with Crippen LogP contribution < -0.4 is 5.32 Å². The normalized spacial score (nSPS) is 21.2. The number of amides is 1. The van der Waals surface area contributed by atoms with Crippen LogP contribution >= 0.6 is 0 Å². The van der Waals surface area contributed by atoms with Gasteiger partial charge in [-0.05, 0) is 25.7 Å². The summed E-state index contributed by atoms with van der Waals surface area (Å²) in [4.78, 5) is 11.8. The molecule has 0 bridgehead atoms. The Morgan fingerprint density at radius 1 is 1.31 bits per heavy atom. The van der Waals surface area contributed by atoms with Crippen LogP contribution in [-0.4, -0.2) is 16.1 Å². The van der Waals surface area contributed by atoms with Gasteiger partial charge >= 0.3 is 0 Å². The van der Waals surface area contributed by atoms with Gasteiger partial charge in [0, 0.05) is 23.6 Å². The van der Waals surface area contributed by atoms with E-state index < -0.39 is 0 Å². The minimum absolute atomic E-state index is 0.145. The number of rotatable bonds is 3. The number of hydrogen-bond donors (Lipinski definition) is 2. The van der Waals surface area contributed by atoms with Gasteiger partial charge in [-0.3, -0.25) is 9.89 Å². The third-order valence-corrected chi connectivity index (χ3v) is 3.59. The van der Waals surface area contributed by atoms with Gasteiger partial charge in [-0.25, -0.2) is 0 Å². The third kappa shape index (κ3) is 1.96. The van der Waals surface area contributed by atoms with Crippen molar-refractivity contribution >= 4 is 11.7 Å². The highest BCUT2D eigenvalue weighted by molar-refractivity contribution is 5.91. The Labute approximate surface area is 94.8 Å². The second kappa shape index (κ2) is 3.92. The Morgan fingerprint density at radius 3 is 2.75 bits per heavy atom. The second-order valence-electron chi connectivity index (χ2n) is 4.95.